The third-order valence-electron chi connectivity index (χ3n) is 3.84. The molecule has 24 heavy (non-hydrogen) atoms. The zero-order chi connectivity index (χ0) is 17.3. The standard InChI is InChI=1S/C16H17F3N4O/c1-10-21-14(11-4-2-3-5-12(11)16(17,18)19)13(20)15(22-10)23-6-8-24-9-7-23/h2-5H,6-9,20H2,1H3. The summed E-state index contributed by atoms with van der Waals surface area (Å²) in [6, 6.07) is 5.29. The quantitative estimate of drug-likeness (QED) is 0.912. The van der Waals surface area contributed by atoms with Crippen LogP contribution in [0.15, 0.2) is 24.3 Å². The maximum absolute atomic E-state index is 13.3. The van der Waals surface area contributed by atoms with E-state index in [0.29, 0.717) is 37.9 Å². The average molecular weight is 338 g/mol. The lowest BCUT2D eigenvalue weighted by molar-refractivity contribution is -0.137. The number of alkyl halides is 3. The van der Waals surface area contributed by atoms with E-state index in [1.165, 1.54) is 18.2 Å². The number of aromatic nitrogens is 2. The monoisotopic (exact) mass is 338 g/mol. The highest BCUT2D eigenvalue weighted by Gasteiger charge is 2.34. The number of hydrogen-bond donors (Lipinski definition) is 1. The Kier molecular flexibility index (Phi) is 4.31. The second kappa shape index (κ2) is 6.27. The molecular weight excluding hydrogens is 321 g/mol. The Morgan fingerprint density at radius 1 is 1.12 bits per heavy atom. The van der Waals surface area contributed by atoms with Crippen LogP contribution in [-0.2, 0) is 10.9 Å². The van der Waals surface area contributed by atoms with Crippen molar-refractivity contribution in [2.45, 2.75) is 13.1 Å². The maximum Gasteiger partial charge on any atom is 0.417 e. The summed E-state index contributed by atoms with van der Waals surface area (Å²) in [6.45, 7) is 3.86. The van der Waals surface area contributed by atoms with Gasteiger partial charge in [0.1, 0.15) is 11.5 Å². The van der Waals surface area contributed by atoms with Gasteiger partial charge in [0.25, 0.3) is 0 Å². The summed E-state index contributed by atoms with van der Waals surface area (Å²) in [6.07, 6.45) is -4.49. The Bertz CT molecular complexity index is 743. The van der Waals surface area contributed by atoms with Crippen LogP contribution in [0.2, 0.25) is 0 Å². The fraction of sp³-hybridized carbons (Fsp3) is 0.375. The largest absolute Gasteiger partial charge is 0.417 e. The number of nitrogens with zero attached hydrogens (tertiary/aromatic N) is 3. The van der Waals surface area contributed by atoms with Crippen LogP contribution in [0.1, 0.15) is 11.4 Å². The number of halogens is 3. The van der Waals surface area contributed by atoms with Crippen molar-refractivity contribution in [3.05, 3.63) is 35.7 Å². The van der Waals surface area contributed by atoms with E-state index in [-0.39, 0.29) is 16.9 Å². The molecule has 0 radical (unpaired) electrons. The molecule has 1 aliphatic rings. The van der Waals surface area contributed by atoms with Crippen LogP contribution in [0, 0.1) is 6.92 Å². The van der Waals surface area contributed by atoms with E-state index in [2.05, 4.69) is 9.97 Å². The first-order valence-corrected chi connectivity index (χ1v) is 7.51. The van der Waals surface area contributed by atoms with Gasteiger partial charge in [-0.05, 0) is 13.0 Å². The summed E-state index contributed by atoms with van der Waals surface area (Å²) in [5.74, 6) is 0.829. The summed E-state index contributed by atoms with van der Waals surface area (Å²) in [7, 11) is 0. The average Bonchev–Trinajstić information content (AvgIpc) is 2.56. The van der Waals surface area contributed by atoms with Crippen LogP contribution >= 0.6 is 0 Å². The van der Waals surface area contributed by atoms with Gasteiger partial charge >= 0.3 is 6.18 Å². The number of anilines is 2. The molecule has 1 aromatic heterocycles. The van der Waals surface area contributed by atoms with Crippen molar-refractivity contribution in [1.82, 2.24) is 9.97 Å². The predicted molar refractivity (Wildman–Crippen MR) is 84.7 cm³/mol. The van der Waals surface area contributed by atoms with E-state index in [1.54, 1.807) is 6.92 Å². The van der Waals surface area contributed by atoms with Gasteiger partial charge in [-0.2, -0.15) is 13.2 Å². The molecule has 2 aromatic rings. The van der Waals surface area contributed by atoms with Gasteiger partial charge in [0.05, 0.1) is 24.5 Å². The molecule has 0 unspecified atom stereocenters. The molecule has 2 N–H and O–H groups in total. The number of nitrogens with two attached hydrogens (primary N) is 1. The molecule has 8 heteroatoms. The lowest BCUT2D eigenvalue weighted by Crippen LogP contribution is -2.37. The molecular formula is C16H17F3N4O. The fourth-order valence-electron chi connectivity index (χ4n) is 2.72. The van der Waals surface area contributed by atoms with E-state index >= 15 is 0 Å². The highest BCUT2D eigenvalue weighted by Crippen LogP contribution is 2.40. The van der Waals surface area contributed by atoms with Crippen LogP contribution in [0.4, 0.5) is 24.7 Å². The van der Waals surface area contributed by atoms with E-state index in [1.807, 2.05) is 4.90 Å². The molecule has 128 valence electrons. The summed E-state index contributed by atoms with van der Waals surface area (Å²) in [4.78, 5) is 10.4. The first-order chi connectivity index (χ1) is 11.4. The summed E-state index contributed by atoms with van der Waals surface area (Å²) < 4.78 is 45.2. The zero-order valence-corrected chi connectivity index (χ0v) is 13.1. The summed E-state index contributed by atoms with van der Waals surface area (Å²) in [5.41, 5.74) is 5.61. The van der Waals surface area contributed by atoms with Crippen molar-refractivity contribution in [2.75, 3.05) is 36.9 Å². The molecule has 3 rings (SSSR count). The van der Waals surface area contributed by atoms with E-state index in [4.69, 9.17) is 10.5 Å². The maximum atomic E-state index is 13.3. The highest BCUT2D eigenvalue weighted by atomic mass is 19.4. The molecule has 1 saturated heterocycles. The predicted octanol–water partition coefficient (Wildman–Crippen LogP) is 2.89. The molecule has 1 fully saturated rings. The van der Waals surface area contributed by atoms with Crippen molar-refractivity contribution in [1.29, 1.82) is 0 Å². The number of aryl methyl sites for hydroxylation is 1. The lowest BCUT2D eigenvalue weighted by atomic mass is 10.0. The lowest BCUT2D eigenvalue weighted by Gasteiger charge is -2.29. The topological polar surface area (TPSA) is 64.3 Å². The van der Waals surface area contributed by atoms with Gasteiger partial charge in [0.15, 0.2) is 5.82 Å². The fourth-order valence-corrected chi connectivity index (χ4v) is 2.72. The van der Waals surface area contributed by atoms with Gasteiger partial charge in [-0.1, -0.05) is 18.2 Å². The molecule has 5 nitrogen and oxygen atoms in total. The Morgan fingerprint density at radius 3 is 2.46 bits per heavy atom. The minimum atomic E-state index is -4.49. The van der Waals surface area contributed by atoms with Gasteiger partial charge in [0.2, 0.25) is 0 Å². The smallest absolute Gasteiger partial charge is 0.394 e. The number of ether oxygens (including phenoxy) is 1. The minimum Gasteiger partial charge on any atom is -0.394 e. The Balaban J connectivity index is 2.14. The first kappa shape index (κ1) is 16.5. The minimum absolute atomic E-state index is 0.0393. The van der Waals surface area contributed by atoms with Crippen molar-refractivity contribution in [2.24, 2.45) is 0 Å². The Labute approximate surface area is 137 Å². The van der Waals surface area contributed by atoms with Crippen LogP contribution in [0.25, 0.3) is 11.3 Å². The molecule has 1 aliphatic heterocycles. The molecule has 0 amide bonds. The number of nitrogen functional groups attached to an aromatic ring is 1. The van der Waals surface area contributed by atoms with Crippen LogP contribution in [-0.4, -0.2) is 36.3 Å². The van der Waals surface area contributed by atoms with Crippen LogP contribution < -0.4 is 10.6 Å². The molecule has 2 heterocycles. The van der Waals surface area contributed by atoms with E-state index < -0.39 is 11.7 Å². The van der Waals surface area contributed by atoms with Gasteiger partial charge < -0.3 is 15.4 Å². The van der Waals surface area contributed by atoms with E-state index in [0.717, 1.165) is 6.07 Å². The molecule has 1 aromatic carbocycles. The molecule has 0 saturated carbocycles. The number of morpholine rings is 1. The molecule has 0 atom stereocenters. The van der Waals surface area contributed by atoms with Gasteiger partial charge in [-0.25, -0.2) is 9.97 Å². The molecule has 0 spiro atoms. The van der Waals surface area contributed by atoms with Gasteiger partial charge in [-0.15, -0.1) is 0 Å². The zero-order valence-electron chi connectivity index (χ0n) is 13.1. The van der Waals surface area contributed by atoms with Crippen molar-refractivity contribution in [3.63, 3.8) is 0 Å². The number of hydrogen-bond acceptors (Lipinski definition) is 5. The summed E-state index contributed by atoms with van der Waals surface area (Å²) >= 11 is 0. The Morgan fingerprint density at radius 2 is 1.79 bits per heavy atom. The highest BCUT2D eigenvalue weighted by molar-refractivity contribution is 5.82. The summed E-state index contributed by atoms with van der Waals surface area (Å²) in [5, 5.41) is 0. The van der Waals surface area contributed by atoms with Crippen molar-refractivity contribution in [3.8, 4) is 11.3 Å². The van der Waals surface area contributed by atoms with Crippen molar-refractivity contribution >= 4 is 11.5 Å². The van der Waals surface area contributed by atoms with Gasteiger partial charge in [-0.3, -0.25) is 0 Å². The third-order valence-corrected chi connectivity index (χ3v) is 3.84. The molecule has 0 bridgehead atoms. The number of rotatable bonds is 2. The SMILES string of the molecule is Cc1nc(-c2ccccc2C(F)(F)F)c(N)c(N2CCOCC2)n1. The van der Waals surface area contributed by atoms with E-state index in [9.17, 15) is 13.2 Å². The van der Waals surface area contributed by atoms with Crippen molar-refractivity contribution < 1.29 is 17.9 Å². The first-order valence-electron chi connectivity index (χ1n) is 7.51. The third kappa shape index (κ3) is 3.14. The van der Waals surface area contributed by atoms with Gasteiger partial charge in [0, 0.05) is 18.7 Å². The Hall–Kier alpha value is -2.35. The molecule has 0 aliphatic carbocycles. The van der Waals surface area contributed by atoms with Crippen LogP contribution in [0.3, 0.4) is 0 Å². The normalized spacial score (nSPS) is 15.6. The number of benzene rings is 1. The second-order valence-electron chi connectivity index (χ2n) is 5.50. The van der Waals surface area contributed by atoms with Crippen LogP contribution in [0.5, 0.6) is 0 Å². The second-order valence-corrected chi connectivity index (χ2v) is 5.50.